The number of nitrogens with one attached hydrogen (secondary N) is 1. The molecule has 0 saturated carbocycles. The van der Waals surface area contributed by atoms with Crippen LogP contribution in [0, 0.1) is 0 Å². The van der Waals surface area contributed by atoms with E-state index in [4.69, 9.17) is 10.8 Å². The molecule has 0 unspecified atom stereocenters. The highest BCUT2D eigenvalue weighted by atomic mass is 16.3. The van der Waals surface area contributed by atoms with Gasteiger partial charge in [0.25, 0.3) is 0 Å². The second kappa shape index (κ2) is 6.27. The Labute approximate surface area is 106 Å². The maximum atomic E-state index is 8.42. The molecular formula is C11H21N6O+. The SMILES string of the molecule is C[N+](C)(C)CCCO.Nc1ncnc2nc[nH]c12. The molecule has 0 aliphatic carbocycles. The van der Waals surface area contributed by atoms with Crippen LogP contribution in [-0.4, -0.2) is 63.8 Å². The fraction of sp³-hybridized carbons (Fsp3) is 0.545. The standard InChI is InChI=1S/C6H16NO.C5H5N5/c1-7(2,3)5-4-6-8;6-4-3-5(9-1-7-3)10-2-8-4/h8H,4-6H2,1-3H3;1-2H,(H3,6,7,8,9,10)/q+1;. The number of hydrogen-bond acceptors (Lipinski definition) is 5. The Bertz CT molecular complexity index is 476. The van der Waals surface area contributed by atoms with Gasteiger partial charge in [-0.05, 0) is 0 Å². The van der Waals surface area contributed by atoms with Crippen molar-refractivity contribution in [3.8, 4) is 0 Å². The third-order valence-corrected chi connectivity index (χ3v) is 2.24. The largest absolute Gasteiger partial charge is 0.396 e. The molecule has 18 heavy (non-hydrogen) atoms. The molecule has 0 saturated heterocycles. The predicted molar refractivity (Wildman–Crippen MR) is 70.7 cm³/mol. The van der Waals surface area contributed by atoms with Crippen LogP contribution in [0.3, 0.4) is 0 Å². The fourth-order valence-electron chi connectivity index (χ4n) is 1.33. The number of aliphatic hydroxyl groups excluding tert-OH is 1. The fourth-order valence-corrected chi connectivity index (χ4v) is 1.33. The van der Waals surface area contributed by atoms with Crippen LogP contribution < -0.4 is 5.73 Å². The van der Waals surface area contributed by atoms with Crippen molar-refractivity contribution in [2.45, 2.75) is 6.42 Å². The number of nitrogens with two attached hydrogens (primary N) is 1. The first-order valence-corrected chi connectivity index (χ1v) is 5.75. The summed E-state index contributed by atoms with van der Waals surface area (Å²) in [5.74, 6) is 0.433. The van der Waals surface area contributed by atoms with Crippen LogP contribution in [0.4, 0.5) is 5.82 Å². The highest BCUT2D eigenvalue weighted by molar-refractivity contribution is 5.80. The van der Waals surface area contributed by atoms with Crippen LogP contribution in [0.5, 0.6) is 0 Å². The van der Waals surface area contributed by atoms with E-state index in [1.54, 1.807) is 0 Å². The van der Waals surface area contributed by atoms with E-state index in [1.165, 1.54) is 12.7 Å². The number of hydrogen-bond donors (Lipinski definition) is 3. The number of imidazole rings is 1. The van der Waals surface area contributed by atoms with E-state index in [1.807, 2.05) is 0 Å². The molecule has 0 aromatic carbocycles. The van der Waals surface area contributed by atoms with Crippen LogP contribution in [0.1, 0.15) is 6.42 Å². The van der Waals surface area contributed by atoms with Gasteiger partial charge < -0.3 is 20.3 Å². The van der Waals surface area contributed by atoms with Crippen molar-refractivity contribution in [3.63, 3.8) is 0 Å². The third kappa shape index (κ3) is 4.64. The lowest BCUT2D eigenvalue weighted by molar-refractivity contribution is -0.870. The lowest BCUT2D eigenvalue weighted by Gasteiger charge is -2.22. The Morgan fingerprint density at radius 3 is 2.50 bits per heavy atom. The first-order valence-electron chi connectivity index (χ1n) is 5.75. The van der Waals surface area contributed by atoms with E-state index < -0.39 is 0 Å². The molecule has 7 nitrogen and oxygen atoms in total. The minimum absolute atomic E-state index is 0.315. The number of aromatic amines is 1. The van der Waals surface area contributed by atoms with E-state index in [-0.39, 0.29) is 0 Å². The average Bonchev–Trinajstić information content (AvgIpc) is 2.76. The monoisotopic (exact) mass is 253 g/mol. The van der Waals surface area contributed by atoms with Gasteiger partial charge in [-0.2, -0.15) is 0 Å². The van der Waals surface area contributed by atoms with Crippen molar-refractivity contribution < 1.29 is 9.59 Å². The highest BCUT2D eigenvalue weighted by Gasteiger charge is 2.03. The summed E-state index contributed by atoms with van der Waals surface area (Å²) in [7, 11) is 6.36. The van der Waals surface area contributed by atoms with Gasteiger partial charge in [0.1, 0.15) is 11.8 Å². The van der Waals surface area contributed by atoms with E-state index in [0.717, 1.165) is 17.4 Å². The van der Waals surface area contributed by atoms with Gasteiger partial charge in [0.05, 0.1) is 34.0 Å². The maximum Gasteiger partial charge on any atom is 0.182 e. The van der Waals surface area contributed by atoms with Crippen molar-refractivity contribution in [1.82, 2.24) is 19.9 Å². The Kier molecular flexibility index (Phi) is 4.99. The number of fused-ring (bicyclic) bond motifs is 1. The molecule has 0 aliphatic heterocycles. The van der Waals surface area contributed by atoms with Crippen molar-refractivity contribution in [2.75, 3.05) is 40.0 Å². The molecule has 7 heteroatoms. The summed E-state index contributed by atoms with van der Waals surface area (Å²) in [6.45, 7) is 1.37. The Balaban J connectivity index is 0.000000187. The number of rotatable bonds is 3. The molecule has 0 atom stereocenters. The van der Waals surface area contributed by atoms with Gasteiger partial charge in [-0.25, -0.2) is 15.0 Å². The van der Waals surface area contributed by atoms with Crippen LogP contribution in [0.15, 0.2) is 12.7 Å². The molecule has 0 spiro atoms. The zero-order chi connectivity index (χ0) is 13.6. The topological polar surface area (TPSA) is 101 Å². The molecule has 2 rings (SSSR count). The van der Waals surface area contributed by atoms with Gasteiger partial charge >= 0.3 is 0 Å². The smallest absolute Gasteiger partial charge is 0.182 e. The third-order valence-electron chi connectivity index (χ3n) is 2.24. The van der Waals surface area contributed by atoms with Gasteiger partial charge in [-0.15, -0.1) is 0 Å². The summed E-state index contributed by atoms with van der Waals surface area (Å²) in [6.07, 6.45) is 3.83. The summed E-state index contributed by atoms with van der Waals surface area (Å²) in [4.78, 5) is 14.4. The van der Waals surface area contributed by atoms with Gasteiger partial charge in [0, 0.05) is 13.0 Å². The Morgan fingerprint density at radius 2 is 2.00 bits per heavy atom. The van der Waals surface area contributed by atoms with Crippen molar-refractivity contribution in [3.05, 3.63) is 12.7 Å². The summed E-state index contributed by atoms with van der Waals surface area (Å²) >= 11 is 0. The van der Waals surface area contributed by atoms with Crippen molar-refractivity contribution in [1.29, 1.82) is 0 Å². The molecule has 100 valence electrons. The lowest BCUT2D eigenvalue weighted by Crippen LogP contribution is -2.35. The minimum atomic E-state index is 0.315. The Morgan fingerprint density at radius 1 is 1.28 bits per heavy atom. The number of nitrogen functional groups attached to an aromatic ring is 1. The zero-order valence-electron chi connectivity index (χ0n) is 11.1. The van der Waals surface area contributed by atoms with Crippen molar-refractivity contribution in [2.24, 2.45) is 0 Å². The summed E-state index contributed by atoms with van der Waals surface area (Å²) in [6, 6.07) is 0. The van der Waals surface area contributed by atoms with E-state index in [9.17, 15) is 0 Å². The van der Waals surface area contributed by atoms with E-state index in [2.05, 4.69) is 41.1 Å². The molecule has 2 aromatic heterocycles. The number of H-pyrrole nitrogens is 1. The van der Waals surface area contributed by atoms with E-state index >= 15 is 0 Å². The number of anilines is 1. The summed E-state index contributed by atoms with van der Waals surface area (Å²) in [5, 5.41) is 8.42. The van der Waals surface area contributed by atoms with Gasteiger partial charge in [-0.3, -0.25) is 0 Å². The molecule has 2 aromatic rings. The van der Waals surface area contributed by atoms with Gasteiger partial charge in [0.2, 0.25) is 0 Å². The first kappa shape index (κ1) is 14.3. The molecule has 0 fully saturated rings. The number of aliphatic hydroxyl groups is 1. The second-order valence-corrected chi connectivity index (χ2v) is 4.95. The molecule has 2 heterocycles. The summed E-state index contributed by atoms with van der Waals surface area (Å²) < 4.78 is 0.945. The maximum absolute atomic E-state index is 8.42. The molecular weight excluding hydrogens is 232 g/mol. The van der Waals surface area contributed by atoms with Crippen LogP contribution in [-0.2, 0) is 0 Å². The van der Waals surface area contributed by atoms with Gasteiger partial charge in [-0.1, -0.05) is 0 Å². The average molecular weight is 253 g/mol. The quantitative estimate of drug-likeness (QED) is 0.669. The summed E-state index contributed by atoms with van der Waals surface area (Å²) in [5.41, 5.74) is 6.78. The zero-order valence-corrected chi connectivity index (χ0v) is 11.1. The molecule has 0 radical (unpaired) electrons. The molecule has 0 aliphatic rings. The highest BCUT2D eigenvalue weighted by Crippen LogP contribution is 2.09. The van der Waals surface area contributed by atoms with Crippen molar-refractivity contribution >= 4 is 17.0 Å². The Hall–Kier alpha value is -1.73. The molecule has 0 bridgehead atoms. The first-order chi connectivity index (χ1) is 8.44. The number of nitrogens with zero attached hydrogens (tertiary/aromatic N) is 4. The second-order valence-electron chi connectivity index (χ2n) is 4.95. The predicted octanol–water partition coefficient (Wildman–Crippen LogP) is 0.0101. The van der Waals surface area contributed by atoms with Crippen LogP contribution in [0.2, 0.25) is 0 Å². The van der Waals surface area contributed by atoms with Crippen LogP contribution in [0.25, 0.3) is 11.2 Å². The minimum Gasteiger partial charge on any atom is -0.396 e. The number of aromatic nitrogens is 4. The van der Waals surface area contributed by atoms with Crippen LogP contribution >= 0.6 is 0 Å². The van der Waals surface area contributed by atoms with E-state index in [0.29, 0.717) is 23.6 Å². The van der Waals surface area contributed by atoms with Gasteiger partial charge in [0.15, 0.2) is 11.5 Å². The lowest BCUT2D eigenvalue weighted by atomic mass is 10.4. The number of quaternary nitrogens is 1. The molecule has 4 N–H and O–H groups in total. The molecule has 0 amide bonds. The normalized spacial score (nSPS) is 11.1.